The van der Waals surface area contributed by atoms with Gasteiger partial charge in [0.1, 0.15) is 5.76 Å². The van der Waals surface area contributed by atoms with Crippen molar-refractivity contribution in [3.05, 3.63) is 59.0 Å². The number of benzene rings is 1. The van der Waals surface area contributed by atoms with Crippen molar-refractivity contribution < 1.29 is 4.42 Å². The molecule has 0 aliphatic carbocycles. The summed E-state index contributed by atoms with van der Waals surface area (Å²) in [5.74, 6) is 1.59. The summed E-state index contributed by atoms with van der Waals surface area (Å²) in [6, 6.07) is 10.9. The molecule has 1 aliphatic heterocycles. The molecule has 0 bridgehead atoms. The summed E-state index contributed by atoms with van der Waals surface area (Å²) >= 11 is 0. The predicted octanol–water partition coefficient (Wildman–Crippen LogP) is 2.91. The lowest BCUT2D eigenvalue weighted by molar-refractivity contribution is 0.291. The fourth-order valence-electron chi connectivity index (χ4n) is 3.05. The third-order valence-corrected chi connectivity index (χ3v) is 4.14. The Balaban J connectivity index is 1.68. The van der Waals surface area contributed by atoms with Crippen LogP contribution in [0.5, 0.6) is 0 Å². The lowest BCUT2D eigenvalue weighted by Gasteiger charge is -2.30. The summed E-state index contributed by atoms with van der Waals surface area (Å²) in [5, 5.41) is 3.52. The van der Waals surface area contributed by atoms with Gasteiger partial charge in [-0.1, -0.05) is 24.3 Å². The van der Waals surface area contributed by atoms with Crippen LogP contribution >= 0.6 is 0 Å². The Morgan fingerprint density at radius 3 is 2.95 bits per heavy atom. The van der Waals surface area contributed by atoms with Crippen molar-refractivity contribution >= 4 is 0 Å². The number of nitrogens with one attached hydrogen (secondary N) is 1. The van der Waals surface area contributed by atoms with Crippen molar-refractivity contribution in [2.75, 3.05) is 20.1 Å². The highest BCUT2D eigenvalue weighted by molar-refractivity contribution is 5.33. The zero-order valence-electron chi connectivity index (χ0n) is 12.2. The first-order valence-corrected chi connectivity index (χ1v) is 7.24. The first-order valence-electron chi connectivity index (χ1n) is 7.24. The third kappa shape index (κ3) is 2.79. The van der Waals surface area contributed by atoms with Gasteiger partial charge in [-0.05, 0) is 31.2 Å². The lowest BCUT2D eigenvalue weighted by atomic mass is 9.90. The average Bonchev–Trinajstić information content (AvgIpc) is 2.85. The van der Waals surface area contributed by atoms with E-state index in [0.717, 1.165) is 31.9 Å². The monoisotopic (exact) mass is 270 g/mol. The summed E-state index contributed by atoms with van der Waals surface area (Å²) < 4.78 is 5.37. The third-order valence-electron chi connectivity index (χ3n) is 4.14. The van der Waals surface area contributed by atoms with Crippen LogP contribution in [0.3, 0.4) is 0 Å². The average molecular weight is 270 g/mol. The van der Waals surface area contributed by atoms with Gasteiger partial charge in [-0.15, -0.1) is 0 Å². The van der Waals surface area contributed by atoms with Crippen LogP contribution in [0.1, 0.15) is 28.4 Å². The van der Waals surface area contributed by atoms with Gasteiger partial charge in [0.15, 0.2) is 0 Å². The zero-order chi connectivity index (χ0) is 13.9. The van der Waals surface area contributed by atoms with Gasteiger partial charge in [-0.3, -0.25) is 0 Å². The minimum absolute atomic E-state index is 0.567. The second-order valence-electron chi connectivity index (χ2n) is 5.73. The molecule has 3 heteroatoms. The molecule has 0 fully saturated rings. The Kier molecular flexibility index (Phi) is 3.90. The van der Waals surface area contributed by atoms with Gasteiger partial charge in [0.25, 0.3) is 0 Å². The first-order chi connectivity index (χ1) is 9.74. The molecule has 1 atom stereocenters. The lowest BCUT2D eigenvalue weighted by Crippen LogP contribution is -2.35. The van der Waals surface area contributed by atoms with Gasteiger partial charge in [0.2, 0.25) is 0 Å². The van der Waals surface area contributed by atoms with Crippen molar-refractivity contribution in [3.63, 3.8) is 0 Å². The molecule has 20 heavy (non-hydrogen) atoms. The van der Waals surface area contributed by atoms with Crippen LogP contribution in [0, 0.1) is 6.92 Å². The van der Waals surface area contributed by atoms with E-state index in [0.29, 0.717) is 5.92 Å². The van der Waals surface area contributed by atoms with Crippen LogP contribution in [-0.4, -0.2) is 25.0 Å². The SMILES string of the molecule is Cc1occc1CN(C)CC1CNCc2ccccc21. The molecule has 2 heterocycles. The van der Waals surface area contributed by atoms with Gasteiger partial charge >= 0.3 is 0 Å². The van der Waals surface area contributed by atoms with Crippen LogP contribution < -0.4 is 5.32 Å². The number of furan rings is 1. The quantitative estimate of drug-likeness (QED) is 0.926. The van der Waals surface area contributed by atoms with Gasteiger partial charge in [0.05, 0.1) is 6.26 Å². The van der Waals surface area contributed by atoms with E-state index in [-0.39, 0.29) is 0 Å². The molecular weight excluding hydrogens is 248 g/mol. The van der Waals surface area contributed by atoms with Crippen molar-refractivity contribution in [1.29, 1.82) is 0 Å². The van der Waals surface area contributed by atoms with E-state index >= 15 is 0 Å². The molecule has 0 amide bonds. The van der Waals surface area contributed by atoms with E-state index in [2.05, 4.69) is 47.6 Å². The molecule has 3 rings (SSSR count). The van der Waals surface area contributed by atoms with E-state index in [4.69, 9.17) is 4.42 Å². The standard InChI is InChI=1S/C17H22N2O/c1-13-15(7-8-20-13)11-19(2)12-16-10-18-9-14-5-3-4-6-17(14)16/h3-8,16,18H,9-12H2,1-2H3. The van der Waals surface area contributed by atoms with Gasteiger partial charge in [-0.2, -0.15) is 0 Å². The molecule has 3 nitrogen and oxygen atoms in total. The minimum Gasteiger partial charge on any atom is -0.469 e. The van der Waals surface area contributed by atoms with Crippen LogP contribution in [0.25, 0.3) is 0 Å². The Labute approximate surface area is 120 Å². The summed E-state index contributed by atoms with van der Waals surface area (Å²) in [5.41, 5.74) is 4.23. The number of nitrogens with zero attached hydrogens (tertiary/aromatic N) is 1. The summed E-state index contributed by atoms with van der Waals surface area (Å²) in [6.45, 7) is 6.10. The molecule has 1 aliphatic rings. The number of fused-ring (bicyclic) bond motifs is 1. The number of rotatable bonds is 4. The molecule has 0 radical (unpaired) electrons. The molecule has 1 aromatic carbocycles. The second-order valence-corrected chi connectivity index (χ2v) is 5.73. The van der Waals surface area contributed by atoms with Gasteiger partial charge < -0.3 is 14.6 Å². The van der Waals surface area contributed by atoms with Crippen molar-refractivity contribution in [1.82, 2.24) is 10.2 Å². The number of aryl methyl sites for hydroxylation is 1. The van der Waals surface area contributed by atoms with Crippen LogP contribution in [0.2, 0.25) is 0 Å². The fourth-order valence-corrected chi connectivity index (χ4v) is 3.05. The van der Waals surface area contributed by atoms with E-state index < -0.39 is 0 Å². The molecule has 2 aromatic rings. The molecule has 106 valence electrons. The number of likely N-dealkylation sites (N-methyl/N-ethyl adjacent to an activating group) is 1. The van der Waals surface area contributed by atoms with Crippen LogP contribution in [-0.2, 0) is 13.1 Å². The van der Waals surface area contributed by atoms with Gasteiger partial charge in [0, 0.05) is 37.7 Å². The van der Waals surface area contributed by atoms with E-state index in [9.17, 15) is 0 Å². The Hall–Kier alpha value is -1.58. The Morgan fingerprint density at radius 2 is 2.15 bits per heavy atom. The Morgan fingerprint density at radius 1 is 1.30 bits per heavy atom. The number of hydrogen-bond acceptors (Lipinski definition) is 3. The zero-order valence-corrected chi connectivity index (χ0v) is 12.2. The highest BCUT2D eigenvalue weighted by Gasteiger charge is 2.21. The van der Waals surface area contributed by atoms with E-state index in [1.807, 2.05) is 6.92 Å². The predicted molar refractivity (Wildman–Crippen MR) is 80.7 cm³/mol. The maximum atomic E-state index is 5.37. The molecule has 1 unspecified atom stereocenters. The Bertz CT molecular complexity index is 576. The van der Waals surface area contributed by atoms with Gasteiger partial charge in [-0.25, -0.2) is 0 Å². The topological polar surface area (TPSA) is 28.4 Å². The highest BCUT2D eigenvalue weighted by atomic mass is 16.3. The molecule has 1 N–H and O–H groups in total. The van der Waals surface area contributed by atoms with Crippen molar-refractivity contribution in [3.8, 4) is 0 Å². The minimum atomic E-state index is 0.567. The second kappa shape index (κ2) is 5.81. The first kappa shape index (κ1) is 13.4. The van der Waals surface area contributed by atoms with Crippen LogP contribution in [0.4, 0.5) is 0 Å². The molecular formula is C17H22N2O. The fraction of sp³-hybridized carbons (Fsp3) is 0.412. The maximum Gasteiger partial charge on any atom is 0.105 e. The molecule has 1 aromatic heterocycles. The number of hydrogen-bond donors (Lipinski definition) is 1. The molecule has 0 saturated heterocycles. The van der Waals surface area contributed by atoms with E-state index in [1.54, 1.807) is 6.26 Å². The molecule has 0 saturated carbocycles. The van der Waals surface area contributed by atoms with Crippen molar-refractivity contribution in [2.45, 2.75) is 25.9 Å². The smallest absolute Gasteiger partial charge is 0.105 e. The van der Waals surface area contributed by atoms with Crippen molar-refractivity contribution in [2.24, 2.45) is 0 Å². The molecule has 0 spiro atoms. The highest BCUT2D eigenvalue weighted by Crippen LogP contribution is 2.25. The largest absolute Gasteiger partial charge is 0.469 e. The van der Waals surface area contributed by atoms with Crippen LogP contribution in [0.15, 0.2) is 41.0 Å². The normalized spacial score (nSPS) is 18.2. The van der Waals surface area contributed by atoms with E-state index in [1.165, 1.54) is 16.7 Å². The summed E-state index contributed by atoms with van der Waals surface area (Å²) in [7, 11) is 2.18. The summed E-state index contributed by atoms with van der Waals surface area (Å²) in [6.07, 6.45) is 1.77. The maximum absolute atomic E-state index is 5.37. The summed E-state index contributed by atoms with van der Waals surface area (Å²) in [4.78, 5) is 2.38.